The zero-order valence-electron chi connectivity index (χ0n) is 16.0. The van der Waals surface area contributed by atoms with Crippen LogP contribution in [0.5, 0.6) is 5.75 Å². The monoisotopic (exact) mass is 375 g/mol. The van der Waals surface area contributed by atoms with Gasteiger partial charge in [-0.1, -0.05) is 0 Å². The van der Waals surface area contributed by atoms with Gasteiger partial charge in [-0.05, 0) is 49.9 Å². The van der Waals surface area contributed by atoms with Crippen molar-refractivity contribution in [3.63, 3.8) is 0 Å². The first-order chi connectivity index (χ1) is 13.3. The first-order valence-corrected chi connectivity index (χ1v) is 10.4. The molecule has 148 valence electrons. The minimum absolute atomic E-state index is 0.122. The van der Waals surface area contributed by atoms with Crippen molar-refractivity contribution in [3.05, 3.63) is 29.8 Å². The summed E-state index contributed by atoms with van der Waals surface area (Å²) in [5.41, 5.74) is 0.738. The van der Waals surface area contributed by atoms with Crippen LogP contribution in [0.15, 0.2) is 24.3 Å². The molecule has 6 nitrogen and oxygen atoms in total. The summed E-state index contributed by atoms with van der Waals surface area (Å²) in [7, 11) is 0. The third-order valence-electron chi connectivity index (χ3n) is 5.86. The predicted octanol–water partition coefficient (Wildman–Crippen LogP) is 0.764. The van der Waals surface area contributed by atoms with Gasteiger partial charge in [-0.3, -0.25) is 4.79 Å². The van der Waals surface area contributed by atoms with Crippen LogP contribution in [-0.4, -0.2) is 75.6 Å². The molecule has 0 spiro atoms. The first kappa shape index (κ1) is 18.7. The first-order valence-electron chi connectivity index (χ1n) is 10.4. The third kappa shape index (κ3) is 5.00. The van der Waals surface area contributed by atoms with E-state index in [1.54, 1.807) is 4.90 Å². The summed E-state index contributed by atoms with van der Waals surface area (Å²) in [6.45, 7) is 7.07. The van der Waals surface area contributed by atoms with Gasteiger partial charge in [0, 0.05) is 18.8 Å². The molecule has 0 bridgehead atoms. The number of piperazine rings is 1. The van der Waals surface area contributed by atoms with Gasteiger partial charge in [-0.15, -0.1) is 0 Å². The lowest BCUT2D eigenvalue weighted by molar-refractivity contribution is -0.906. The van der Waals surface area contributed by atoms with E-state index >= 15 is 0 Å². The molecule has 1 N–H and O–H groups in total. The van der Waals surface area contributed by atoms with Crippen LogP contribution in [0, 0.1) is 0 Å². The Morgan fingerprint density at radius 1 is 1.04 bits per heavy atom. The lowest BCUT2D eigenvalue weighted by atomic mass is 10.1. The van der Waals surface area contributed by atoms with E-state index < -0.39 is 0 Å². The molecule has 0 radical (unpaired) electrons. The highest BCUT2D eigenvalue weighted by Crippen LogP contribution is 2.17. The van der Waals surface area contributed by atoms with Crippen LogP contribution in [0.1, 0.15) is 36.0 Å². The van der Waals surface area contributed by atoms with E-state index in [9.17, 15) is 4.79 Å². The number of nitrogens with zero attached hydrogens (tertiary/aromatic N) is 1. The Bertz CT molecular complexity index is 601. The molecule has 1 amide bonds. The van der Waals surface area contributed by atoms with Gasteiger partial charge in [0.15, 0.2) is 0 Å². The topological polar surface area (TPSA) is 52.4 Å². The molecule has 3 fully saturated rings. The number of carbonyl (C=O) groups is 1. The molecule has 3 heterocycles. The van der Waals surface area contributed by atoms with Crippen molar-refractivity contribution in [1.29, 1.82) is 0 Å². The molecule has 1 aromatic carbocycles. The lowest BCUT2D eigenvalue weighted by Gasteiger charge is -2.33. The Morgan fingerprint density at radius 3 is 2.33 bits per heavy atom. The maximum atomic E-state index is 12.8. The van der Waals surface area contributed by atoms with E-state index in [0.717, 1.165) is 70.1 Å². The Morgan fingerprint density at radius 2 is 1.70 bits per heavy atom. The molecule has 27 heavy (non-hydrogen) atoms. The molecule has 3 aliphatic rings. The number of hydrogen-bond acceptors (Lipinski definition) is 4. The summed E-state index contributed by atoms with van der Waals surface area (Å²) in [5.74, 6) is 0.921. The Kier molecular flexibility index (Phi) is 6.27. The van der Waals surface area contributed by atoms with Crippen molar-refractivity contribution in [2.45, 2.75) is 37.9 Å². The molecule has 0 saturated carbocycles. The molecular weight excluding hydrogens is 344 g/mol. The molecule has 6 heteroatoms. The van der Waals surface area contributed by atoms with Crippen LogP contribution in [0.25, 0.3) is 0 Å². The highest BCUT2D eigenvalue weighted by Gasteiger charge is 2.28. The summed E-state index contributed by atoms with van der Waals surface area (Å²) in [6, 6.07) is 7.53. The molecule has 0 unspecified atom stereocenters. The van der Waals surface area contributed by atoms with Crippen LogP contribution in [0.2, 0.25) is 0 Å². The smallest absolute Gasteiger partial charge is 0.254 e. The zero-order valence-corrected chi connectivity index (χ0v) is 16.0. The van der Waals surface area contributed by atoms with E-state index in [1.165, 1.54) is 12.8 Å². The SMILES string of the molecule is O=C(c1ccc(OC[C@@H]2CCCO2)cc1)N1CC[NH+](C[C@@H]2CCCO2)CC1. The van der Waals surface area contributed by atoms with Crippen LogP contribution in [0.3, 0.4) is 0 Å². The average molecular weight is 375 g/mol. The largest absolute Gasteiger partial charge is 0.491 e. The molecular formula is C21H31N2O4+. The molecule has 2 atom stereocenters. The molecule has 4 rings (SSSR count). The average Bonchev–Trinajstić information content (AvgIpc) is 3.41. The van der Waals surface area contributed by atoms with Gasteiger partial charge in [0.2, 0.25) is 0 Å². The highest BCUT2D eigenvalue weighted by atomic mass is 16.5. The number of benzene rings is 1. The van der Waals surface area contributed by atoms with Gasteiger partial charge < -0.3 is 24.0 Å². The predicted molar refractivity (Wildman–Crippen MR) is 101 cm³/mol. The lowest BCUT2D eigenvalue weighted by Crippen LogP contribution is -3.15. The Labute approximate surface area is 161 Å². The van der Waals surface area contributed by atoms with E-state index in [2.05, 4.69) is 0 Å². The highest BCUT2D eigenvalue weighted by molar-refractivity contribution is 5.94. The number of nitrogens with one attached hydrogen (secondary N) is 1. The van der Waals surface area contributed by atoms with Gasteiger partial charge in [-0.25, -0.2) is 0 Å². The van der Waals surface area contributed by atoms with Gasteiger partial charge in [0.05, 0.1) is 32.3 Å². The second-order valence-electron chi connectivity index (χ2n) is 7.85. The summed E-state index contributed by atoms with van der Waals surface area (Å²) >= 11 is 0. The van der Waals surface area contributed by atoms with Gasteiger partial charge in [0.25, 0.3) is 5.91 Å². The van der Waals surface area contributed by atoms with E-state index in [0.29, 0.717) is 12.7 Å². The normalized spacial score (nSPS) is 26.4. The van der Waals surface area contributed by atoms with Gasteiger partial charge in [0.1, 0.15) is 25.0 Å². The van der Waals surface area contributed by atoms with Crippen molar-refractivity contribution in [2.24, 2.45) is 0 Å². The third-order valence-corrected chi connectivity index (χ3v) is 5.86. The standard InChI is InChI=1S/C21H30N2O4/c24-21(23-11-9-22(10-12-23)15-19-3-1-13-25-19)17-5-7-18(8-6-17)27-16-20-4-2-14-26-20/h5-8,19-20H,1-4,9-16H2/p+1/t19-,20-/m0/s1. The van der Waals surface area contributed by atoms with Crippen LogP contribution >= 0.6 is 0 Å². The van der Waals surface area contributed by atoms with Crippen LogP contribution in [-0.2, 0) is 9.47 Å². The van der Waals surface area contributed by atoms with E-state index in [-0.39, 0.29) is 12.0 Å². The van der Waals surface area contributed by atoms with Crippen molar-refractivity contribution in [2.75, 3.05) is 52.5 Å². The van der Waals surface area contributed by atoms with Crippen molar-refractivity contribution < 1.29 is 23.9 Å². The molecule has 1 aromatic rings. The second kappa shape index (κ2) is 9.04. The fourth-order valence-corrected chi connectivity index (χ4v) is 4.20. The number of carbonyl (C=O) groups excluding carboxylic acids is 1. The van der Waals surface area contributed by atoms with Crippen molar-refractivity contribution >= 4 is 5.91 Å². The Balaban J connectivity index is 1.23. The summed E-state index contributed by atoms with van der Waals surface area (Å²) in [5, 5.41) is 0. The second-order valence-corrected chi connectivity index (χ2v) is 7.85. The summed E-state index contributed by atoms with van der Waals surface area (Å²) in [4.78, 5) is 16.3. The minimum atomic E-state index is 0.122. The minimum Gasteiger partial charge on any atom is -0.491 e. The van der Waals surface area contributed by atoms with Crippen molar-refractivity contribution in [3.8, 4) is 5.75 Å². The number of amides is 1. The van der Waals surface area contributed by atoms with E-state index in [4.69, 9.17) is 14.2 Å². The van der Waals surface area contributed by atoms with E-state index in [1.807, 2.05) is 29.2 Å². The van der Waals surface area contributed by atoms with Gasteiger partial charge in [-0.2, -0.15) is 0 Å². The fourth-order valence-electron chi connectivity index (χ4n) is 4.20. The maximum absolute atomic E-state index is 12.8. The maximum Gasteiger partial charge on any atom is 0.254 e. The fraction of sp³-hybridized carbons (Fsp3) is 0.667. The number of ether oxygens (including phenoxy) is 3. The van der Waals surface area contributed by atoms with Crippen LogP contribution in [0.4, 0.5) is 0 Å². The summed E-state index contributed by atoms with van der Waals surface area (Å²) in [6.07, 6.45) is 5.19. The quantitative estimate of drug-likeness (QED) is 0.798. The Hall–Kier alpha value is -1.63. The number of hydrogen-bond donors (Lipinski definition) is 1. The molecule has 3 aliphatic heterocycles. The molecule has 0 aliphatic carbocycles. The van der Waals surface area contributed by atoms with Crippen LogP contribution < -0.4 is 9.64 Å². The number of quaternary nitrogens is 1. The van der Waals surface area contributed by atoms with Gasteiger partial charge >= 0.3 is 0 Å². The van der Waals surface area contributed by atoms with Crippen molar-refractivity contribution in [1.82, 2.24) is 4.90 Å². The molecule has 3 saturated heterocycles. The number of rotatable bonds is 6. The molecule has 0 aromatic heterocycles. The zero-order chi connectivity index (χ0) is 18.5. The summed E-state index contributed by atoms with van der Waals surface area (Å²) < 4.78 is 17.1.